The third kappa shape index (κ3) is 3.70. The molecule has 0 fully saturated rings. The molecule has 0 saturated carbocycles. The molecule has 1 heterocycles. The number of anilines is 1. The average molecular weight is 257 g/mol. The third-order valence-electron chi connectivity index (χ3n) is 2.57. The molecule has 98 valence electrons. The summed E-state index contributed by atoms with van der Waals surface area (Å²) in [5.41, 5.74) is 2.18. The summed E-state index contributed by atoms with van der Waals surface area (Å²) >= 11 is 0. The smallest absolute Gasteiger partial charge is 0.251 e. The number of aromatic nitrogens is 1. The Morgan fingerprint density at radius 3 is 2.47 bits per heavy atom. The molecule has 0 radical (unpaired) electrons. The molecule has 0 atom stereocenters. The lowest BCUT2D eigenvalue weighted by Crippen LogP contribution is -2.22. The Morgan fingerprint density at radius 1 is 1.16 bits per heavy atom. The number of hydrogen-bond donors (Lipinski definition) is 3. The molecule has 0 unspecified atom stereocenters. The molecule has 5 heteroatoms. The molecule has 2 rings (SSSR count). The van der Waals surface area contributed by atoms with Crippen LogP contribution in [0.5, 0.6) is 0 Å². The summed E-state index contributed by atoms with van der Waals surface area (Å²) in [7, 11) is 0. The molecule has 0 aliphatic rings. The zero-order valence-electron chi connectivity index (χ0n) is 10.6. The molecule has 0 spiro atoms. The molecule has 0 aliphatic heterocycles. The van der Waals surface area contributed by atoms with Gasteiger partial charge in [-0.3, -0.25) is 9.59 Å². The van der Waals surface area contributed by atoms with Crippen LogP contribution < -0.4 is 10.6 Å². The van der Waals surface area contributed by atoms with E-state index in [2.05, 4.69) is 15.6 Å². The first-order valence-corrected chi connectivity index (χ1v) is 5.93. The van der Waals surface area contributed by atoms with Gasteiger partial charge in [0.05, 0.1) is 6.54 Å². The number of carbonyl (C=O) groups is 2. The SMILES string of the molecule is CC(=O)Nc1ccc(C(=O)NCc2ccc[nH]2)cc1. The average Bonchev–Trinajstić information content (AvgIpc) is 2.89. The van der Waals surface area contributed by atoms with Crippen LogP contribution in [0.2, 0.25) is 0 Å². The van der Waals surface area contributed by atoms with Gasteiger partial charge in [-0.25, -0.2) is 0 Å². The zero-order chi connectivity index (χ0) is 13.7. The van der Waals surface area contributed by atoms with E-state index in [1.165, 1.54) is 6.92 Å². The predicted octanol–water partition coefficient (Wildman–Crippen LogP) is 1.90. The van der Waals surface area contributed by atoms with Gasteiger partial charge in [-0.15, -0.1) is 0 Å². The number of amides is 2. The van der Waals surface area contributed by atoms with Crippen LogP contribution in [-0.2, 0) is 11.3 Å². The molecule has 0 aliphatic carbocycles. The van der Waals surface area contributed by atoms with Crippen molar-refractivity contribution >= 4 is 17.5 Å². The Kier molecular flexibility index (Phi) is 3.97. The summed E-state index contributed by atoms with van der Waals surface area (Å²) in [4.78, 5) is 25.7. The first kappa shape index (κ1) is 12.9. The van der Waals surface area contributed by atoms with Gasteiger partial charge in [0.15, 0.2) is 0 Å². The minimum atomic E-state index is -0.149. The van der Waals surface area contributed by atoms with Crippen LogP contribution in [0.3, 0.4) is 0 Å². The van der Waals surface area contributed by atoms with E-state index in [0.717, 1.165) is 5.69 Å². The predicted molar refractivity (Wildman–Crippen MR) is 72.7 cm³/mol. The van der Waals surface area contributed by atoms with Crippen molar-refractivity contribution in [3.8, 4) is 0 Å². The topological polar surface area (TPSA) is 74.0 Å². The minimum Gasteiger partial charge on any atom is -0.364 e. The number of aromatic amines is 1. The molecule has 5 nitrogen and oxygen atoms in total. The number of rotatable bonds is 4. The van der Waals surface area contributed by atoms with Crippen LogP contribution in [0, 0.1) is 0 Å². The summed E-state index contributed by atoms with van der Waals surface area (Å²) in [6.07, 6.45) is 1.81. The van der Waals surface area contributed by atoms with E-state index in [9.17, 15) is 9.59 Å². The first-order valence-electron chi connectivity index (χ1n) is 5.93. The van der Waals surface area contributed by atoms with E-state index in [0.29, 0.717) is 17.8 Å². The van der Waals surface area contributed by atoms with Crippen LogP contribution in [0.1, 0.15) is 23.0 Å². The second-order valence-electron chi connectivity index (χ2n) is 4.14. The molecule has 0 saturated heterocycles. The molecular weight excluding hydrogens is 242 g/mol. The fourth-order valence-corrected chi connectivity index (χ4v) is 1.66. The van der Waals surface area contributed by atoms with Gasteiger partial charge in [0.1, 0.15) is 0 Å². The Bertz CT molecular complexity index is 559. The van der Waals surface area contributed by atoms with Gasteiger partial charge in [0.2, 0.25) is 5.91 Å². The normalized spacial score (nSPS) is 9.95. The third-order valence-corrected chi connectivity index (χ3v) is 2.57. The number of nitrogens with one attached hydrogen (secondary N) is 3. The maximum Gasteiger partial charge on any atom is 0.251 e. The van der Waals surface area contributed by atoms with E-state index in [-0.39, 0.29) is 11.8 Å². The van der Waals surface area contributed by atoms with Crippen molar-refractivity contribution in [1.82, 2.24) is 10.3 Å². The van der Waals surface area contributed by atoms with E-state index in [4.69, 9.17) is 0 Å². The zero-order valence-corrected chi connectivity index (χ0v) is 10.6. The molecule has 1 aromatic heterocycles. The van der Waals surface area contributed by atoms with E-state index >= 15 is 0 Å². The summed E-state index contributed by atoms with van der Waals surface area (Å²) in [5, 5.41) is 5.45. The second-order valence-corrected chi connectivity index (χ2v) is 4.14. The van der Waals surface area contributed by atoms with E-state index < -0.39 is 0 Å². The van der Waals surface area contributed by atoms with E-state index in [1.54, 1.807) is 24.3 Å². The van der Waals surface area contributed by atoms with Gasteiger partial charge in [-0.1, -0.05) is 0 Å². The molecular formula is C14H15N3O2. The Hall–Kier alpha value is -2.56. The van der Waals surface area contributed by atoms with Gasteiger partial charge < -0.3 is 15.6 Å². The molecule has 1 aromatic carbocycles. The van der Waals surface area contributed by atoms with Crippen molar-refractivity contribution in [3.05, 3.63) is 53.9 Å². The summed E-state index contributed by atoms with van der Waals surface area (Å²) < 4.78 is 0. The van der Waals surface area contributed by atoms with Gasteiger partial charge >= 0.3 is 0 Å². The minimum absolute atomic E-state index is 0.135. The van der Waals surface area contributed by atoms with Gasteiger partial charge in [0.25, 0.3) is 5.91 Å². The van der Waals surface area contributed by atoms with Crippen molar-refractivity contribution in [3.63, 3.8) is 0 Å². The lowest BCUT2D eigenvalue weighted by atomic mass is 10.2. The highest BCUT2D eigenvalue weighted by Gasteiger charge is 2.05. The monoisotopic (exact) mass is 257 g/mol. The van der Waals surface area contributed by atoms with Crippen LogP contribution in [0.25, 0.3) is 0 Å². The van der Waals surface area contributed by atoms with Gasteiger partial charge in [0, 0.05) is 30.1 Å². The number of H-pyrrole nitrogens is 1. The van der Waals surface area contributed by atoms with Gasteiger partial charge in [-0.05, 0) is 36.4 Å². The van der Waals surface area contributed by atoms with Crippen molar-refractivity contribution < 1.29 is 9.59 Å². The fraction of sp³-hybridized carbons (Fsp3) is 0.143. The largest absolute Gasteiger partial charge is 0.364 e. The molecule has 2 aromatic rings. The lowest BCUT2D eigenvalue weighted by Gasteiger charge is -2.06. The summed E-state index contributed by atoms with van der Waals surface area (Å²) in [6.45, 7) is 1.90. The highest BCUT2D eigenvalue weighted by atomic mass is 16.2. The first-order chi connectivity index (χ1) is 9.15. The Morgan fingerprint density at radius 2 is 1.89 bits per heavy atom. The van der Waals surface area contributed by atoms with Crippen molar-refractivity contribution in [2.24, 2.45) is 0 Å². The van der Waals surface area contributed by atoms with E-state index in [1.807, 2.05) is 18.3 Å². The summed E-state index contributed by atoms with van der Waals surface area (Å²) in [6, 6.07) is 10.5. The highest BCUT2D eigenvalue weighted by molar-refractivity contribution is 5.95. The standard InChI is InChI=1S/C14H15N3O2/c1-10(18)17-12-6-4-11(5-7-12)14(19)16-9-13-3-2-8-15-13/h2-8,15H,9H2,1H3,(H,16,19)(H,17,18). The van der Waals surface area contributed by atoms with Crippen LogP contribution in [0.15, 0.2) is 42.6 Å². The molecule has 0 bridgehead atoms. The number of benzene rings is 1. The van der Waals surface area contributed by atoms with Crippen molar-refractivity contribution in [2.45, 2.75) is 13.5 Å². The van der Waals surface area contributed by atoms with Crippen LogP contribution in [-0.4, -0.2) is 16.8 Å². The maximum absolute atomic E-state index is 11.9. The second kappa shape index (κ2) is 5.86. The maximum atomic E-state index is 11.9. The number of hydrogen-bond acceptors (Lipinski definition) is 2. The fourth-order valence-electron chi connectivity index (χ4n) is 1.66. The quantitative estimate of drug-likeness (QED) is 0.782. The number of carbonyl (C=O) groups excluding carboxylic acids is 2. The van der Waals surface area contributed by atoms with Crippen LogP contribution in [0.4, 0.5) is 5.69 Å². The van der Waals surface area contributed by atoms with Gasteiger partial charge in [-0.2, -0.15) is 0 Å². The van der Waals surface area contributed by atoms with Crippen molar-refractivity contribution in [2.75, 3.05) is 5.32 Å². The van der Waals surface area contributed by atoms with Crippen LogP contribution >= 0.6 is 0 Å². The Labute approximate surface area is 111 Å². The lowest BCUT2D eigenvalue weighted by molar-refractivity contribution is -0.114. The molecule has 3 N–H and O–H groups in total. The van der Waals surface area contributed by atoms with Crippen molar-refractivity contribution in [1.29, 1.82) is 0 Å². The molecule has 19 heavy (non-hydrogen) atoms. The Balaban J connectivity index is 1.93. The summed E-state index contributed by atoms with van der Waals surface area (Å²) in [5.74, 6) is -0.284. The highest BCUT2D eigenvalue weighted by Crippen LogP contribution is 2.09. The molecule has 2 amide bonds.